The standard InChI is InChI=1S/C23H22ClN5O2.CH2O2/c24-14-5-3-13(4-6-14)22-18(12-26-28-22)15-10-21(30)27-19-11-20(29-7-1-2-8-29)17(23(25)31)9-16(15)19;2-1-3/h3-6,9,11-12,15H,1-2,7-8,10H2,(H2,25,31)(H,26,28)(H,27,30);1H,(H,2,3). The Labute approximate surface area is 200 Å². The first-order valence-corrected chi connectivity index (χ1v) is 11.2. The number of H-pyrrole nitrogens is 1. The highest BCUT2D eigenvalue weighted by Crippen LogP contribution is 2.43. The normalized spacial score (nSPS) is 16.8. The number of carboxylic acid groups (broad SMARTS) is 1. The van der Waals surface area contributed by atoms with Crippen molar-refractivity contribution in [2.24, 2.45) is 5.73 Å². The zero-order valence-electron chi connectivity index (χ0n) is 18.3. The fourth-order valence-electron chi connectivity index (χ4n) is 4.60. The summed E-state index contributed by atoms with van der Waals surface area (Å²) in [6.07, 6.45) is 4.15. The van der Waals surface area contributed by atoms with E-state index in [2.05, 4.69) is 20.4 Å². The van der Waals surface area contributed by atoms with Gasteiger partial charge < -0.3 is 21.1 Å². The molecule has 176 valence electrons. The van der Waals surface area contributed by atoms with E-state index in [0.29, 0.717) is 10.6 Å². The average Bonchev–Trinajstić information content (AvgIpc) is 3.51. The zero-order chi connectivity index (χ0) is 24.2. The van der Waals surface area contributed by atoms with Crippen LogP contribution < -0.4 is 16.0 Å². The third kappa shape index (κ3) is 4.60. The molecule has 2 aliphatic rings. The summed E-state index contributed by atoms with van der Waals surface area (Å²) in [5.41, 5.74) is 11.3. The number of aromatic amines is 1. The molecule has 2 aliphatic heterocycles. The minimum absolute atomic E-state index is 0.0695. The second-order valence-electron chi connectivity index (χ2n) is 8.13. The molecule has 9 nitrogen and oxygen atoms in total. The summed E-state index contributed by atoms with van der Waals surface area (Å²) in [5.74, 6) is -0.788. The minimum atomic E-state index is -0.467. The van der Waals surface area contributed by atoms with Gasteiger partial charge in [0.15, 0.2) is 0 Å². The third-order valence-corrected chi connectivity index (χ3v) is 6.35. The van der Waals surface area contributed by atoms with Crippen molar-refractivity contribution in [1.82, 2.24) is 10.2 Å². The van der Waals surface area contributed by atoms with E-state index in [1.54, 1.807) is 6.20 Å². The van der Waals surface area contributed by atoms with E-state index < -0.39 is 5.91 Å². The molecule has 1 saturated heterocycles. The van der Waals surface area contributed by atoms with Gasteiger partial charge in [0.1, 0.15) is 0 Å². The smallest absolute Gasteiger partial charge is 0.290 e. The Morgan fingerprint density at radius 3 is 2.50 bits per heavy atom. The Hall–Kier alpha value is -3.85. The van der Waals surface area contributed by atoms with Crippen LogP contribution in [0.2, 0.25) is 5.02 Å². The van der Waals surface area contributed by atoms with Gasteiger partial charge in [-0.1, -0.05) is 23.7 Å². The predicted molar refractivity (Wildman–Crippen MR) is 129 cm³/mol. The van der Waals surface area contributed by atoms with Gasteiger partial charge in [0.25, 0.3) is 12.4 Å². The lowest BCUT2D eigenvalue weighted by molar-refractivity contribution is -0.123. The van der Waals surface area contributed by atoms with Crippen LogP contribution in [0.25, 0.3) is 11.3 Å². The third-order valence-electron chi connectivity index (χ3n) is 6.10. The average molecular weight is 482 g/mol. The lowest BCUT2D eigenvalue weighted by Gasteiger charge is -2.29. The summed E-state index contributed by atoms with van der Waals surface area (Å²) in [6, 6.07) is 11.2. The number of nitrogens with zero attached hydrogens (tertiary/aromatic N) is 2. The number of nitrogens with one attached hydrogen (secondary N) is 2. The molecule has 1 atom stereocenters. The van der Waals surface area contributed by atoms with Gasteiger partial charge in [-0.3, -0.25) is 19.5 Å². The molecule has 3 heterocycles. The number of aromatic nitrogens is 2. The number of nitrogens with two attached hydrogens (primary N) is 1. The number of carbonyl (C=O) groups excluding carboxylic acids is 2. The highest BCUT2D eigenvalue weighted by Gasteiger charge is 2.32. The number of anilines is 2. The first kappa shape index (κ1) is 23.3. The summed E-state index contributed by atoms with van der Waals surface area (Å²) in [6.45, 7) is 1.50. The molecule has 5 rings (SSSR count). The van der Waals surface area contributed by atoms with Crippen molar-refractivity contribution in [3.8, 4) is 11.3 Å². The van der Waals surface area contributed by atoms with Crippen molar-refractivity contribution in [3.63, 3.8) is 0 Å². The maximum Gasteiger partial charge on any atom is 0.290 e. The monoisotopic (exact) mass is 481 g/mol. The molecule has 1 aromatic heterocycles. The number of benzene rings is 2. The van der Waals surface area contributed by atoms with Gasteiger partial charge in [-0.25, -0.2) is 0 Å². The molecule has 0 radical (unpaired) electrons. The predicted octanol–water partition coefficient (Wildman–Crippen LogP) is 3.60. The Bertz CT molecular complexity index is 1220. The molecule has 1 unspecified atom stereocenters. The number of primary amides is 1. The van der Waals surface area contributed by atoms with Gasteiger partial charge in [0.2, 0.25) is 5.91 Å². The molecular weight excluding hydrogens is 458 g/mol. The lowest BCUT2D eigenvalue weighted by Crippen LogP contribution is -2.27. The largest absolute Gasteiger partial charge is 0.483 e. The van der Waals surface area contributed by atoms with Crippen LogP contribution in [-0.2, 0) is 9.59 Å². The van der Waals surface area contributed by atoms with Crippen LogP contribution in [0, 0.1) is 0 Å². The van der Waals surface area contributed by atoms with Crippen molar-refractivity contribution in [2.45, 2.75) is 25.2 Å². The molecule has 1 fully saturated rings. The number of carbonyl (C=O) groups is 3. The fraction of sp³-hybridized carbons (Fsp3) is 0.250. The van der Waals surface area contributed by atoms with Crippen LogP contribution in [0.1, 0.15) is 46.7 Å². The SMILES string of the molecule is NC(=O)c1cc2c(cc1N1CCCC1)NC(=O)CC2c1cn[nH]c1-c1ccc(Cl)cc1.O=CO. The highest BCUT2D eigenvalue weighted by atomic mass is 35.5. The Morgan fingerprint density at radius 2 is 1.85 bits per heavy atom. The highest BCUT2D eigenvalue weighted by molar-refractivity contribution is 6.30. The van der Waals surface area contributed by atoms with Gasteiger partial charge in [0.05, 0.1) is 23.1 Å². The van der Waals surface area contributed by atoms with Crippen molar-refractivity contribution in [2.75, 3.05) is 23.3 Å². The number of rotatable bonds is 4. The van der Waals surface area contributed by atoms with Crippen molar-refractivity contribution in [1.29, 1.82) is 0 Å². The molecule has 3 aromatic rings. The Balaban J connectivity index is 0.000000868. The molecular formula is C24H24ClN5O4. The fourth-order valence-corrected chi connectivity index (χ4v) is 4.73. The molecule has 2 amide bonds. The van der Waals surface area contributed by atoms with Crippen LogP contribution >= 0.6 is 11.6 Å². The lowest BCUT2D eigenvalue weighted by atomic mass is 9.82. The maximum atomic E-state index is 12.6. The summed E-state index contributed by atoms with van der Waals surface area (Å²) in [5, 5.41) is 17.8. The number of hydrogen-bond donors (Lipinski definition) is 4. The van der Waals surface area contributed by atoms with Crippen LogP contribution in [0.15, 0.2) is 42.6 Å². The Kier molecular flexibility index (Phi) is 6.83. The van der Waals surface area contributed by atoms with E-state index in [0.717, 1.165) is 59.7 Å². The summed E-state index contributed by atoms with van der Waals surface area (Å²) in [7, 11) is 0. The van der Waals surface area contributed by atoms with Gasteiger partial charge in [-0.05, 0) is 48.2 Å². The topological polar surface area (TPSA) is 141 Å². The second-order valence-corrected chi connectivity index (χ2v) is 8.57. The first-order chi connectivity index (χ1) is 16.4. The van der Waals surface area contributed by atoms with Crippen LogP contribution in [0.3, 0.4) is 0 Å². The van der Waals surface area contributed by atoms with Gasteiger partial charge in [-0.15, -0.1) is 0 Å². The number of hydrogen-bond acceptors (Lipinski definition) is 5. The van der Waals surface area contributed by atoms with E-state index in [1.165, 1.54) is 0 Å². The quantitative estimate of drug-likeness (QED) is 0.419. The molecule has 10 heteroatoms. The van der Waals surface area contributed by atoms with Crippen molar-refractivity contribution < 1.29 is 19.5 Å². The number of amides is 2. The molecule has 34 heavy (non-hydrogen) atoms. The van der Waals surface area contributed by atoms with Crippen molar-refractivity contribution >= 4 is 41.3 Å². The summed E-state index contributed by atoms with van der Waals surface area (Å²) in [4.78, 5) is 35.5. The van der Waals surface area contributed by atoms with Gasteiger partial charge in [-0.2, -0.15) is 5.10 Å². The molecule has 0 aliphatic carbocycles. The van der Waals surface area contributed by atoms with E-state index >= 15 is 0 Å². The van der Waals surface area contributed by atoms with Crippen LogP contribution in [-0.4, -0.2) is 46.7 Å². The second kappa shape index (κ2) is 9.96. The summed E-state index contributed by atoms with van der Waals surface area (Å²) < 4.78 is 0. The van der Waals surface area contributed by atoms with Crippen molar-refractivity contribution in [3.05, 3.63) is 64.3 Å². The minimum Gasteiger partial charge on any atom is -0.483 e. The molecule has 0 spiro atoms. The van der Waals surface area contributed by atoms with E-state index in [4.69, 9.17) is 27.2 Å². The molecule has 5 N–H and O–H groups in total. The van der Waals surface area contributed by atoms with Crippen LogP contribution in [0.5, 0.6) is 0 Å². The van der Waals surface area contributed by atoms with E-state index in [9.17, 15) is 9.59 Å². The zero-order valence-corrected chi connectivity index (χ0v) is 19.0. The molecule has 0 saturated carbocycles. The van der Waals surface area contributed by atoms with Gasteiger partial charge in [0, 0.05) is 41.7 Å². The Morgan fingerprint density at radius 1 is 1.18 bits per heavy atom. The van der Waals surface area contributed by atoms with Gasteiger partial charge >= 0.3 is 0 Å². The maximum absolute atomic E-state index is 12.6. The molecule has 0 bridgehead atoms. The van der Waals surface area contributed by atoms with Crippen LogP contribution in [0.4, 0.5) is 11.4 Å². The van der Waals surface area contributed by atoms with E-state index in [-0.39, 0.29) is 24.7 Å². The number of halogens is 1. The summed E-state index contributed by atoms with van der Waals surface area (Å²) >= 11 is 6.04. The number of fused-ring (bicyclic) bond motifs is 1. The first-order valence-electron chi connectivity index (χ1n) is 10.8. The van der Waals surface area contributed by atoms with E-state index in [1.807, 2.05) is 36.4 Å². The molecule has 2 aromatic carbocycles.